The van der Waals surface area contributed by atoms with Gasteiger partial charge in [0.05, 0.1) is 21.7 Å². The van der Waals surface area contributed by atoms with E-state index in [1.807, 2.05) is 37.4 Å². The van der Waals surface area contributed by atoms with Gasteiger partial charge in [-0.05, 0) is 36.4 Å². The van der Waals surface area contributed by atoms with E-state index in [-0.39, 0.29) is 0 Å². The highest BCUT2D eigenvalue weighted by molar-refractivity contribution is 6.42. The zero-order valence-electron chi connectivity index (χ0n) is 11.1. The van der Waals surface area contributed by atoms with Crippen LogP contribution < -0.4 is 0 Å². The van der Waals surface area contributed by atoms with E-state index < -0.39 is 0 Å². The Hall–Kier alpha value is -1.53. The molecule has 102 valence electrons. The average Bonchev–Trinajstić information content (AvgIpc) is 2.44. The predicted octanol–water partition coefficient (Wildman–Crippen LogP) is 4.50. The Morgan fingerprint density at radius 1 is 1.10 bits per heavy atom. The topological polar surface area (TPSA) is 27.0 Å². The molecule has 2 rings (SSSR count). The predicted molar refractivity (Wildman–Crippen MR) is 82.8 cm³/mol. The van der Waals surface area contributed by atoms with E-state index in [4.69, 9.17) is 28.5 Å². The fraction of sp³-hybridized carbons (Fsp3) is 0.188. The molecule has 0 spiro atoms. The second-order valence-electron chi connectivity index (χ2n) is 4.70. The molecule has 2 nitrogen and oxygen atoms in total. The van der Waals surface area contributed by atoms with E-state index in [1.165, 1.54) is 0 Å². The summed E-state index contributed by atoms with van der Waals surface area (Å²) in [5, 5.41) is 10.1. The van der Waals surface area contributed by atoms with Crippen molar-refractivity contribution in [1.82, 2.24) is 4.90 Å². The Morgan fingerprint density at radius 3 is 2.60 bits per heavy atom. The van der Waals surface area contributed by atoms with Gasteiger partial charge in [-0.1, -0.05) is 47.5 Å². The van der Waals surface area contributed by atoms with Gasteiger partial charge in [-0.3, -0.25) is 4.90 Å². The Kier molecular flexibility index (Phi) is 5.03. The molecule has 0 aliphatic heterocycles. The fourth-order valence-electron chi connectivity index (χ4n) is 2.07. The Balaban J connectivity index is 2.07. The maximum absolute atomic E-state index is 8.90. The lowest BCUT2D eigenvalue weighted by molar-refractivity contribution is 0.319. The molecular weight excluding hydrogens is 291 g/mol. The zero-order valence-corrected chi connectivity index (χ0v) is 12.6. The fourth-order valence-corrected chi connectivity index (χ4v) is 2.45. The number of benzene rings is 2. The molecule has 0 saturated carbocycles. The summed E-state index contributed by atoms with van der Waals surface area (Å²) in [4.78, 5) is 2.13. The summed E-state index contributed by atoms with van der Waals surface area (Å²) in [5.74, 6) is 0. The lowest BCUT2D eigenvalue weighted by Gasteiger charge is -2.18. The molecule has 0 unspecified atom stereocenters. The number of nitrogens with zero attached hydrogens (tertiary/aromatic N) is 2. The Bertz CT molecular complexity index is 647. The van der Waals surface area contributed by atoms with Crippen LogP contribution in [0.25, 0.3) is 0 Å². The van der Waals surface area contributed by atoms with Crippen molar-refractivity contribution >= 4 is 23.2 Å². The summed E-state index contributed by atoms with van der Waals surface area (Å²) >= 11 is 12.2. The quantitative estimate of drug-likeness (QED) is 0.831. The van der Waals surface area contributed by atoms with Gasteiger partial charge in [0.15, 0.2) is 0 Å². The molecule has 0 radical (unpaired) electrons. The lowest BCUT2D eigenvalue weighted by atomic mass is 10.1. The van der Waals surface area contributed by atoms with Crippen molar-refractivity contribution in [3.63, 3.8) is 0 Å². The van der Waals surface area contributed by atoms with E-state index >= 15 is 0 Å². The lowest BCUT2D eigenvalue weighted by Crippen LogP contribution is -2.17. The van der Waals surface area contributed by atoms with E-state index in [1.54, 1.807) is 12.1 Å². The van der Waals surface area contributed by atoms with Crippen LogP contribution in [-0.2, 0) is 13.1 Å². The summed E-state index contributed by atoms with van der Waals surface area (Å²) in [7, 11) is 2.01. The monoisotopic (exact) mass is 304 g/mol. The van der Waals surface area contributed by atoms with Crippen LogP contribution in [0.15, 0.2) is 42.5 Å². The molecule has 0 aliphatic rings. The molecule has 0 fully saturated rings. The Morgan fingerprint density at radius 2 is 1.85 bits per heavy atom. The maximum Gasteiger partial charge on any atom is 0.0991 e. The zero-order chi connectivity index (χ0) is 14.5. The molecule has 0 aromatic heterocycles. The number of halogens is 2. The van der Waals surface area contributed by atoms with E-state index in [0.717, 1.165) is 17.7 Å². The van der Waals surface area contributed by atoms with Crippen molar-refractivity contribution < 1.29 is 0 Å². The van der Waals surface area contributed by atoms with Crippen molar-refractivity contribution in [1.29, 1.82) is 5.26 Å². The summed E-state index contributed by atoms with van der Waals surface area (Å²) < 4.78 is 0. The highest BCUT2D eigenvalue weighted by Crippen LogP contribution is 2.26. The van der Waals surface area contributed by atoms with Gasteiger partial charge in [0.25, 0.3) is 0 Å². The normalized spacial score (nSPS) is 10.6. The van der Waals surface area contributed by atoms with Crippen LogP contribution in [0, 0.1) is 11.3 Å². The number of hydrogen-bond donors (Lipinski definition) is 0. The van der Waals surface area contributed by atoms with Gasteiger partial charge in [0, 0.05) is 13.1 Å². The van der Waals surface area contributed by atoms with Gasteiger partial charge in [0.1, 0.15) is 0 Å². The third-order valence-electron chi connectivity index (χ3n) is 2.98. The van der Waals surface area contributed by atoms with E-state index in [9.17, 15) is 0 Å². The van der Waals surface area contributed by atoms with Crippen LogP contribution in [0.3, 0.4) is 0 Å². The second-order valence-corrected chi connectivity index (χ2v) is 5.48. The summed E-state index contributed by atoms with van der Waals surface area (Å²) in [6.07, 6.45) is 0. The molecule has 20 heavy (non-hydrogen) atoms. The standard InChI is InChI=1S/C16H14Cl2N2/c1-20(10-13-5-2-4-12(8-13)9-19)11-14-6-3-7-15(17)16(14)18/h2-8H,10-11H2,1H3. The first kappa shape index (κ1) is 14.9. The van der Waals surface area contributed by atoms with Crippen LogP contribution in [0.4, 0.5) is 0 Å². The molecule has 0 aliphatic carbocycles. The van der Waals surface area contributed by atoms with Crippen LogP contribution in [0.5, 0.6) is 0 Å². The highest BCUT2D eigenvalue weighted by atomic mass is 35.5. The second kappa shape index (κ2) is 6.76. The number of rotatable bonds is 4. The number of hydrogen-bond acceptors (Lipinski definition) is 2. The smallest absolute Gasteiger partial charge is 0.0991 e. The molecule has 2 aromatic carbocycles. The minimum Gasteiger partial charge on any atom is -0.298 e. The largest absolute Gasteiger partial charge is 0.298 e. The van der Waals surface area contributed by atoms with Crippen molar-refractivity contribution in [2.75, 3.05) is 7.05 Å². The van der Waals surface area contributed by atoms with E-state index in [2.05, 4.69) is 11.0 Å². The van der Waals surface area contributed by atoms with Gasteiger partial charge >= 0.3 is 0 Å². The molecule has 0 saturated heterocycles. The number of nitriles is 1. The summed E-state index contributed by atoms with van der Waals surface area (Å²) in [6, 6.07) is 15.4. The first-order valence-electron chi connectivity index (χ1n) is 6.20. The summed E-state index contributed by atoms with van der Waals surface area (Å²) in [5.41, 5.74) is 2.78. The minimum absolute atomic E-state index is 0.573. The van der Waals surface area contributed by atoms with Gasteiger partial charge in [0.2, 0.25) is 0 Å². The third-order valence-corrected chi connectivity index (χ3v) is 3.84. The van der Waals surface area contributed by atoms with Gasteiger partial charge in [-0.15, -0.1) is 0 Å². The minimum atomic E-state index is 0.573. The maximum atomic E-state index is 8.90. The van der Waals surface area contributed by atoms with Crippen molar-refractivity contribution in [3.8, 4) is 6.07 Å². The van der Waals surface area contributed by atoms with Crippen LogP contribution in [0.1, 0.15) is 16.7 Å². The molecule has 2 aromatic rings. The first-order chi connectivity index (χ1) is 9.60. The molecule has 0 atom stereocenters. The first-order valence-corrected chi connectivity index (χ1v) is 6.96. The highest BCUT2D eigenvalue weighted by Gasteiger charge is 2.08. The molecule has 0 heterocycles. The van der Waals surface area contributed by atoms with Gasteiger partial charge in [-0.25, -0.2) is 0 Å². The average molecular weight is 305 g/mol. The Labute approximate surface area is 129 Å². The third kappa shape index (κ3) is 3.74. The summed E-state index contributed by atoms with van der Waals surface area (Å²) in [6.45, 7) is 1.45. The van der Waals surface area contributed by atoms with Crippen LogP contribution >= 0.6 is 23.2 Å². The van der Waals surface area contributed by atoms with Crippen molar-refractivity contribution in [2.24, 2.45) is 0 Å². The molecular formula is C16H14Cl2N2. The van der Waals surface area contributed by atoms with Gasteiger partial charge < -0.3 is 0 Å². The van der Waals surface area contributed by atoms with Crippen molar-refractivity contribution in [3.05, 3.63) is 69.2 Å². The SMILES string of the molecule is CN(Cc1cccc(C#N)c1)Cc1cccc(Cl)c1Cl. The van der Waals surface area contributed by atoms with Crippen molar-refractivity contribution in [2.45, 2.75) is 13.1 Å². The molecule has 0 amide bonds. The van der Waals surface area contributed by atoms with Gasteiger partial charge in [-0.2, -0.15) is 5.26 Å². The van der Waals surface area contributed by atoms with Crippen LogP contribution in [-0.4, -0.2) is 11.9 Å². The van der Waals surface area contributed by atoms with E-state index in [0.29, 0.717) is 22.2 Å². The molecule has 0 bridgehead atoms. The van der Waals surface area contributed by atoms with Crippen LogP contribution in [0.2, 0.25) is 10.0 Å². The molecule has 4 heteroatoms. The molecule has 0 N–H and O–H groups in total.